The van der Waals surface area contributed by atoms with Gasteiger partial charge in [0.1, 0.15) is 0 Å². The maximum absolute atomic E-state index is 11.6. The third-order valence-electron chi connectivity index (χ3n) is 2.70. The molecule has 0 saturated heterocycles. The summed E-state index contributed by atoms with van der Waals surface area (Å²) in [7, 11) is 1.68. The highest BCUT2D eigenvalue weighted by atomic mass is 79.9. The molecule has 0 bridgehead atoms. The van der Waals surface area contributed by atoms with E-state index in [2.05, 4.69) is 28.2 Å². The number of ether oxygens (including phenoxy) is 2. The molecule has 1 atom stereocenters. The number of benzene rings is 1. The molecule has 1 unspecified atom stereocenters. The normalized spacial score (nSPS) is 12.0. The summed E-state index contributed by atoms with van der Waals surface area (Å²) in [5.41, 5.74) is 1.48. The molecule has 4 nitrogen and oxygen atoms in total. The first-order valence-corrected chi connectivity index (χ1v) is 7.13. The van der Waals surface area contributed by atoms with Gasteiger partial charge in [0.05, 0.1) is 18.8 Å². The van der Waals surface area contributed by atoms with E-state index in [1.54, 1.807) is 26.2 Å². The molecule has 106 valence electrons. The first-order chi connectivity index (χ1) is 9.12. The molecular formula is C14H20BrNO3. The Morgan fingerprint density at radius 2 is 2.16 bits per heavy atom. The lowest BCUT2D eigenvalue weighted by atomic mass is 10.1. The molecule has 0 aliphatic rings. The molecule has 0 saturated carbocycles. The average molecular weight is 330 g/mol. The third-order valence-corrected chi connectivity index (χ3v) is 3.36. The van der Waals surface area contributed by atoms with E-state index < -0.39 is 0 Å². The lowest BCUT2D eigenvalue weighted by molar-refractivity contribution is 0.0526. The SMILES string of the molecule is CCOC(=O)c1ccc(NC(CC)COC)c(Br)c1. The summed E-state index contributed by atoms with van der Waals surface area (Å²) in [4.78, 5) is 11.6. The quantitative estimate of drug-likeness (QED) is 0.778. The fraction of sp³-hybridized carbons (Fsp3) is 0.500. The molecule has 5 heteroatoms. The fourth-order valence-corrected chi connectivity index (χ4v) is 2.15. The topological polar surface area (TPSA) is 47.6 Å². The van der Waals surface area contributed by atoms with Crippen molar-refractivity contribution in [3.63, 3.8) is 0 Å². The number of rotatable bonds is 7. The molecule has 0 aliphatic carbocycles. The van der Waals surface area contributed by atoms with Crippen LogP contribution in [0.15, 0.2) is 22.7 Å². The Hall–Kier alpha value is -1.07. The summed E-state index contributed by atoms with van der Waals surface area (Å²) in [6.07, 6.45) is 0.958. The fourth-order valence-electron chi connectivity index (χ4n) is 1.66. The summed E-state index contributed by atoms with van der Waals surface area (Å²) in [5.74, 6) is -0.307. The molecular weight excluding hydrogens is 310 g/mol. The molecule has 0 radical (unpaired) electrons. The minimum atomic E-state index is -0.307. The number of anilines is 1. The standard InChI is InChI=1S/C14H20BrNO3/c1-4-11(9-18-3)16-13-7-6-10(8-12(13)15)14(17)19-5-2/h6-8,11,16H,4-5,9H2,1-3H3. The van der Waals surface area contributed by atoms with E-state index in [1.807, 2.05) is 6.07 Å². The number of carbonyl (C=O) groups excluding carboxylic acids is 1. The number of halogens is 1. The van der Waals surface area contributed by atoms with E-state index in [9.17, 15) is 4.79 Å². The summed E-state index contributed by atoms with van der Waals surface area (Å²) < 4.78 is 11.0. The van der Waals surface area contributed by atoms with Crippen LogP contribution in [0.2, 0.25) is 0 Å². The van der Waals surface area contributed by atoms with Gasteiger partial charge in [-0.3, -0.25) is 0 Å². The highest BCUT2D eigenvalue weighted by Crippen LogP contribution is 2.25. The van der Waals surface area contributed by atoms with E-state index >= 15 is 0 Å². The van der Waals surface area contributed by atoms with Crippen LogP contribution in [0, 0.1) is 0 Å². The van der Waals surface area contributed by atoms with Gasteiger partial charge in [0.15, 0.2) is 0 Å². The van der Waals surface area contributed by atoms with Gasteiger partial charge < -0.3 is 14.8 Å². The van der Waals surface area contributed by atoms with Gasteiger partial charge in [-0.05, 0) is 47.5 Å². The van der Waals surface area contributed by atoms with Crippen molar-refractivity contribution in [2.75, 3.05) is 25.6 Å². The highest BCUT2D eigenvalue weighted by molar-refractivity contribution is 9.10. The zero-order chi connectivity index (χ0) is 14.3. The lowest BCUT2D eigenvalue weighted by Gasteiger charge is -2.18. The molecule has 19 heavy (non-hydrogen) atoms. The number of carbonyl (C=O) groups is 1. The van der Waals surface area contributed by atoms with Crippen LogP contribution in [-0.4, -0.2) is 32.3 Å². The zero-order valence-electron chi connectivity index (χ0n) is 11.5. The van der Waals surface area contributed by atoms with Gasteiger partial charge in [-0.1, -0.05) is 6.92 Å². The third kappa shape index (κ3) is 4.84. The van der Waals surface area contributed by atoms with Crippen LogP contribution < -0.4 is 5.32 Å². The Balaban J connectivity index is 2.79. The minimum Gasteiger partial charge on any atom is -0.462 e. The molecule has 1 aromatic carbocycles. The number of hydrogen-bond acceptors (Lipinski definition) is 4. The number of esters is 1. The van der Waals surface area contributed by atoms with Gasteiger partial charge in [-0.2, -0.15) is 0 Å². The van der Waals surface area contributed by atoms with Crippen LogP contribution in [0.25, 0.3) is 0 Å². The smallest absolute Gasteiger partial charge is 0.338 e. The predicted molar refractivity (Wildman–Crippen MR) is 79.7 cm³/mol. The Bertz CT molecular complexity index is 423. The second-order valence-corrected chi connectivity index (χ2v) is 4.97. The predicted octanol–water partition coefficient (Wildman–Crippen LogP) is 3.46. The van der Waals surface area contributed by atoms with Crippen LogP contribution in [0.1, 0.15) is 30.6 Å². The van der Waals surface area contributed by atoms with Crippen LogP contribution in [0.3, 0.4) is 0 Å². The lowest BCUT2D eigenvalue weighted by Crippen LogP contribution is -2.24. The number of hydrogen-bond donors (Lipinski definition) is 1. The first-order valence-electron chi connectivity index (χ1n) is 6.34. The molecule has 0 aliphatic heterocycles. The van der Waals surface area contributed by atoms with Gasteiger partial charge in [-0.25, -0.2) is 4.79 Å². The van der Waals surface area contributed by atoms with Gasteiger partial charge in [-0.15, -0.1) is 0 Å². The number of nitrogens with one attached hydrogen (secondary N) is 1. The summed E-state index contributed by atoms with van der Waals surface area (Å²) in [6.45, 7) is 4.90. The molecule has 0 spiro atoms. The van der Waals surface area contributed by atoms with Crippen molar-refractivity contribution in [1.29, 1.82) is 0 Å². The van der Waals surface area contributed by atoms with Crippen molar-refractivity contribution >= 4 is 27.6 Å². The van der Waals surface area contributed by atoms with Crippen molar-refractivity contribution in [2.24, 2.45) is 0 Å². The van der Waals surface area contributed by atoms with Crippen LogP contribution >= 0.6 is 15.9 Å². The molecule has 0 amide bonds. The Labute approximate surface area is 122 Å². The molecule has 1 N–H and O–H groups in total. The van der Waals surface area contributed by atoms with Crippen LogP contribution in [-0.2, 0) is 9.47 Å². The molecule has 1 aromatic rings. The highest BCUT2D eigenvalue weighted by Gasteiger charge is 2.11. The van der Waals surface area contributed by atoms with E-state index in [-0.39, 0.29) is 12.0 Å². The van der Waals surface area contributed by atoms with Crippen molar-refractivity contribution in [3.05, 3.63) is 28.2 Å². The van der Waals surface area contributed by atoms with E-state index in [4.69, 9.17) is 9.47 Å². The monoisotopic (exact) mass is 329 g/mol. The van der Waals surface area contributed by atoms with Gasteiger partial charge in [0, 0.05) is 23.3 Å². The van der Waals surface area contributed by atoms with Crippen molar-refractivity contribution < 1.29 is 14.3 Å². The van der Waals surface area contributed by atoms with Crippen LogP contribution in [0.4, 0.5) is 5.69 Å². The van der Waals surface area contributed by atoms with Crippen LogP contribution in [0.5, 0.6) is 0 Å². The second-order valence-electron chi connectivity index (χ2n) is 4.12. The van der Waals surface area contributed by atoms with E-state index in [0.717, 1.165) is 16.6 Å². The maximum atomic E-state index is 11.6. The molecule has 0 heterocycles. The maximum Gasteiger partial charge on any atom is 0.338 e. The van der Waals surface area contributed by atoms with E-state index in [0.29, 0.717) is 18.8 Å². The molecule has 0 fully saturated rings. The van der Waals surface area contributed by atoms with Gasteiger partial charge >= 0.3 is 5.97 Å². The number of methoxy groups -OCH3 is 1. The van der Waals surface area contributed by atoms with E-state index in [1.165, 1.54) is 0 Å². The average Bonchev–Trinajstić information content (AvgIpc) is 2.40. The largest absolute Gasteiger partial charge is 0.462 e. The van der Waals surface area contributed by atoms with Gasteiger partial charge in [0.2, 0.25) is 0 Å². The summed E-state index contributed by atoms with van der Waals surface area (Å²) >= 11 is 3.46. The van der Waals surface area contributed by atoms with Crippen molar-refractivity contribution in [1.82, 2.24) is 0 Å². The molecule has 1 rings (SSSR count). The first kappa shape index (κ1) is 16.0. The Morgan fingerprint density at radius 3 is 2.68 bits per heavy atom. The Morgan fingerprint density at radius 1 is 1.42 bits per heavy atom. The summed E-state index contributed by atoms with van der Waals surface area (Å²) in [6, 6.07) is 5.63. The minimum absolute atomic E-state index is 0.245. The van der Waals surface area contributed by atoms with Crippen molar-refractivity contribution in [3.8, 4) is 0 Å². The Kier molecular flexibility index (Phi) is 6.87. The summed E-state index contributed by atoms with van der Waals surface area (Å²) in [5, 5.41) is 3.37. The van der Waals surface area contributed by atoms with Crippen molar-refractivity contribution in [2.45, 2.75) is 26.3 Å². The zero-order valence-corrected chi connectivity index (χ0v) is 13.1. The second kappa shape index (κ2) is 8.17. The van der Waals surface area contributed by atoms with Gasteiger partial charge in [0.25, 0.3) is 0 Å². The molecule has 0 aromatic heterocycles.